The lowest BCUT2D eigenvalue weighted by Crippen LogP contribution is -2.35. The van der Waals surface area contributed by atoms with E-state index in [0.717, 1.165) is 19.4 Å². The van der Waals surface area contributed by atoms with Gasteiger partial charge in [0, 0.05) is 20.7 Å². The Labute approximate surface area is 113 Å². The predicted molar refractivity (Wildman–Crippen MR) is 69.7 cm³/mol. The maximum atomic E-state index is 12.0. The minimum Gasteiger partial charge on any atom is -0.389 e. The van der Waals surface area contributed by atoms with Crippen LogP contribution in [0.1, 0.15) is 0 Å². The van der Waals surface area contributed by atoms with E-state index in [1.807, 2.05) is 0 Å². The molecule has 1 N–H and O–H groups in total. The fourth-order valence-corrected chi connectivity index (χ4v) is 4.66. The average molecular weight is 344 g/mol. The second-order valence-corrected chi connectivity index (χ2v) is 8.19. The minimum atomic E-state index is -3.53. The lowest BCUT2D eigenvalue weighted by atomic mass is 10.4. The molecule has 0 saturated carbocycles. The fourth-order valence-electron chi connectivity index (χ4n) is 1.23. The van der Waals surface area contributed by atoms with Crippen LogP contribution >= 0.6 is 27.3 Å². The molecule has 1 rings (SSSR count). The van der Waals surface area contributed by atoms with Gasteiger partial charge in [0.1, 0.15) is 4.21 Å². The molecule has 1 unspecified atom stereocenters. The highest BCUT2D eigenvalue weighted by Gasteiger charge is 2.24. The van der Waals surface area contributed by atoms with Crippen LogP contribution in [0.2, 0.25) is 0 Å². The highest BCUT2D eigenvalue weighted by molar-refractivity contribution is 9.11. The molecule has 98 valence electrons. The van der Waals surface area contributed by atoms with Gasteiger partial charge in [0.05, 0.1) is 16.5 Å². The number of aliphatic hydroxyl groups is 1. The van der Waals surface area contributed by atoms with Crippen LogP contribution in [-0.4, -0.2) is 51.2 Å². The van der Waals surface area contributed by atoms with Crippen LogP contribution in [0.5, 0.6) is 0 Å². The molecule has 1 aromatic heterocycles. The molecule has 0 amide bonds. The van der Waals surface area contributed by atoms with Crippen LogP contribution in [0.25, 0.3) is 0 Å². The van der Waals surface area contributed by atoms with Gasteiger partial charge in [0.15, 0.2) is 0 Å². The smallest absolute Gasteiger partial charge is 0.252 e. The SMILES string of the molecule is COCC(O)CN(C)S(=O)(=O)c1ccc(Br)s1. The maximum Gasteiger partial charge on any atom is 0.252 e. The lowest BCUT2D eigenvalue weighted by Gasteiger charge is -2.19. The largest absolute Gasteiger partial charge is 0.389 e. The minimum absolute atomic E-state index is 0.00565. The second kappa shape index (κ2) is 6.26. The molecule has 17 heavy (non-hydrogen) atoms. The lowest BCUT2D eigenvalue weighted by molar-refractivity contribution is 0.0554. The summed E-state index contributed by atoms with van der Waals surface area (Å²) in [6.45, 7) is 0.111. The van der Waals surface area contributed by atoms with Crippen molar-refractivity contribution in [2.75, 3.05) is 27.3 Å². The van der Waals surface area contributed by atoms with Crippen molar-refractivity contribution < 1.29 is 18.3 Å². The van der Waals surface area contributed by atoms with Gasteiger partial charge in [0.25, 0.3) is 10.0 Å². The molecule has 0 fully saturated rings. The summed E-state index contributed by atoms with van der Waals surface area (Å²) in [7, 11) is -0.640. The van der Waals surface area contributed by atoms with E-state index in [2.05, 4.69) is 15.9 Å². The summed E-state index contributed by atoms with van der Waals surface area (Å²) in [4.78, 5) is 0. The first-order valence-corrected chi connectivity index (χ1v) is 7.81. The van der Waals surface area contributed by atoms with Crippen LogP contribution in [0.4, 0.5) is 0 Å². The standard InChI is InChI=1S/C9H14BrNO4S2/c1-11(5-7(12)6-15-2)17(13,14)9-4-3-8(10)16-9/h3-4,7,12H,5-6H2,1-2H3. The van der Waals surface area contributed by atoms with Gasteiger partial charge in [-0.05, 0) is 28.1 Å². The van der Waals surface area contributed by atoms with E-state index < -0.39 is 16.1 Å². The van der Waals surface area contributed by atoms with Crippen LogP contribution in [0, 0.1) is 0 Å². The topological polar surface area (TPSA) is 66.8 Å². The third-order valence-electron chi connectivity index (χ3n) is 2.04. The third kappa shape index (κ3) is 4.01. The first kappa shape index (κ1) is 15.1. The van der Waals surface area contributed by atoms with E-state index in [4.69, 9.17) is 4.74 Å². The van der Waals surface area contributed by atoms with E-state index in [0.29, 0.717) is 0 Å². The van der Waals surface area contributed by atoms with Crippen LogP contribution in [-0.2, 0) is 14.8 Å². The van der Waals surface area contributed by atoms with Crippen molar-refractivity contribution in [1.82, 2.24) is 4.31 Å². The summed E-state index contributed by atoms with van der Waals surface area (Å²) in [5, 5.41) is 9.50. The Kier molecular flexibility index (Phi) is 5.55. The molecule has 1 heterocycles. The molecule has 0 radical (unpaired) electrons. The van der Waals surface area contributed by atoms with Crippen molar-refractivity contribution in [3.63, 3.8) is 0 Å². The molecule has 1 aromatic rings. The number of likely N-dealkylation sites (N-methyl/N-ethyl adjacent to an activating group) is 1. The Balaban J connectivity index is 2.77. The number of halogens is 1. The summed E-state index contributed by atoms with van der Waals surface area (Å²) < 4.78 is 31.0. The zero-order valence-electron chi connectivity index (χ0n) is 9.46. The van der Waals surface area contributed by atoms with Crippen molar-refractivity contribution >= 4 is 37.3 Å². The Morgan fingerprint density at radius 3 is 2.71 bits per heavy atom. The Morgan fingerprint density at radius 1 is 1.59 bits per heavy atom. The zero-order valence-corrected chi connectivity index (χ0v) is 12.7. The van der Waals surface area contributed by atoms with Crippen molar-refractivity contribution in [2.24, 2.45) is 0 Å². The molecule has 0 aliphatic heterocycles. The summed E-state index contributed by atoms with van der Waals surface area (Å²) in [6.07, 6.45) is -0.830. The van der Waals surface area contributed by atoms with Gasteiger partial charge >= 0.3 is 0 Å². The van der Waals surface area contributed by atoms with Gasteiger partial charge in [0.2, 0.25) is 0 Å². The number of sulfonamides is 1. The summed E-state index contributed by atoms with van der Waals surface area (Å²) in [5.74, 6) is 0. The average Bonchev–Trinajstić information content (AvgIpc) is 2.65. The quantitative estimate of drug-likeness (QED) is 0.840. The highest BCUT2D eigenvalue weighted by Crippen LogP contribution is 2.27. The number of rotatable bonds is 6. The van der Waals surface area contributed by atoms with Gasteiger partial charge in [-0.2, -0.15) is 4.31 Å². The first-order chi connectivity index (χ1) is 7.87. The Morgan fingerprint density at radius 2 is 2.24 bits per heavy atom. The number of nitrogens with zero attached hydrogens (tertiary/aromatic N) is 1. The third-order valence-corrected chi connectivity index (χ3v) is 5.95. The molecule has 0 aliphatic rings. The van der Waals surface area contributed by atoms with Gasteiger partial charge in [-0.25, -0.2) is 8.42 Å². The summed E-state index contributed by atoms with van der Waals surface area (Å²) >= 11 is 4.35. The van der Waals surface area contributed by atoms with Crippen molar-refractivity contribution in [3.05, 3.63) is 15.9 Å². The number of aliphatic hydroxyl groups excluding tert-OH is 1. The van der Waals surface area contributed by atoms with E-state index in [1.165, 1.54) is 20.2 Å². The molecule has 0 bridgehead atoms. The number of methoxy groups -OCH3 is 1. The highest BCUT2D eigenvalue weighted by atomic mass is 79.9. The van der Waals surface area contributed by atoms with Crippen LogP contribution in [0.15, 0.2) is 20.1 Å². The maximum absolute atomic E-state index is 12.0. The molecule has 8 heteroatoms. The van der Waals surface area contributed by atoms with Crippen molar-refractivity contribution in [1.29, 1.82) is 0 Å². The Hall–Kier alpha value is 0.01000. The van der Waals surface area contributed by atoms with Crippen molar-refractivity contribution in [2.45, 2.75) is 10.3 Å². The monoisotopic (exact) mass is 343 g/mol. The van der Waals surface area contributed by atoms with Crippen LogP contribution in [0.3, 0.4) is 0 Å². The van der Waals surface area contributed by atoms with E-state index >= 15 is 0 Å². The molecule has 0 aliphatic carbocycles. The molecule has 0 aromatic carbocycles. The molecule has 0 spiro atoms. The zero-order chi connectivity index (χ0) is 13.1. The normalized spacial score (nSPS) is 14.2. The predicted octanol–water partition coefficient (Wildman–Crippen LogP) is 1.14. The molecule has 0 saturated heterocycles. The van der Waals surface area contributed by atoms with Gasteiger partial charge < -0.3 is 9.84 Å². The van der Waals surface area contributed by atoms with Gasteiger partial charge in [-0.3, -0.25) is 0 Å². The van der Waals surface area contributed by atoms with E-state index in [-0.39, 0.29) is 17.4 Å². The first-order valence-electron chi connectivity index (χ1n) is 4.76. The van der Waals surface area contributed by atoms with Gasteiger partial charge in [-0.15, -0.1) is 11.3 Å². The second-order valence-electron chi connectivity index (χ2n) is 3.45. The van der Waals surface area contributed by atoms with E-state index in [9.17, 15) is 13.5 Å². The van der Waals surface area contributed by atoms with Crippen molar-refractivity contribution in [3.8, 4) is 0 Å². The molecule has 5 nitrogen and oxygen atoms in total. The number of hydrogen-bond acceptors (Lipinski definition) is 5. The molecular weight excluding hydrogens is 330 g/mol. The number of thiophene rings is 1. The molecule has 1 atom stereocenters. The Bertz CT molecular complexity index is 459. The fraction of sp³-hybridized carbons (Fsp3) is 0.556. The number of hydrogen-bond donors (Lipinski definition) is 1. The van der Waals surface area contributed by atoms with Gasteiger partial charge in [-0.1, -0.05) is 0 Å². The van der Waals surface area contributed by atoms with Crippen LogP contribution < -0.4 is 0 Å². The molecular formula is C9H14BrNO4S2. The summed E-state index contributed by atoms with van der Waals surface area (Å²) in [5.41, 5.74) is 0. The van der Waals surface area contributed by atoms with E-state index in [1.54, 1.807) is 6.07 Å². The number of ether oxygens (including phenoxy) is 1. The summed E-state index contributed by atoms with van der Waals surface area (Å²) in [6, 6.07) is 3.21.